The standard InChI is InChI=1S/C10H18N2O3S/c1-6-9(12-10(15)11-6)7(16)4-2-3-5-8(13)14/h6-7,9,16H,2-5H2,1H3,(H,13,14)(H2,11,12,15). The number of unbranched alkanes of at least 4 members (excludes halogenated alkanes) is 1. The van der Waals surface area contributed by atoms with Crippen LogP contribution in [0.15, 0.2) is 0 Å². The number of carboxylic acid groups (broad SMARTS) is 1. The minimum atomic E-state index is -0.764. The normalized spacial score (nSPS) is 26.0. The molecule has 16 heavy (non-hydrogen) atoms. The average Bonchev–Trinajstić information content (AvgIpc) is 2.52. The molecule has 0 radical (unpaired) electrons. The molecule has 0 bridgehead atoms. The lowest BCUT2D eigenvalue weighted by atomic mass is 10.0. The molecule has 6 heteroatoms. The molecule has 0 saturated carbocycles. The molecule has 0 aromatic carbocycles. The van der Waals surface area contributed by atoms with Crippen LogP contribution in [-0.4, -0.2) is 34.4 Å². The number of carboxylic acids is 1. The number of carbonyl (C=O) groups excluding carboxylic acids is 1. The first-order valence-corrected chi connectivity index (χ1v) is 5.99. The van der Waals surface area contributed by atoms with Gasteiger partial charge in [0.1, 0.15) is 0 Å². The zero-order valence-electron chi connectivity index (χ0n) is 9.27. The van der Waals surface area contributed by atoms with Crippen molar-refractivity contribution < 1.29 is 14.7 Å². The molecule has 3 unspecified atom stereocenters. The van der Waals surface area contributed by atoms with Gasteiger partial charge in [-0.15, -0.1) is 0 Å². The van der Waals surface area contributed by atoms with Crippen molar-refractivity contribution in [2.45, 2.75) is 49.9 Å². The van der Waals surface area contributed by atoms with Gasteiger partial charge in [0.25, 0.3) is 0 Å². The van der Waals surface area contributed by atoms with E-state index in [4.69, 9.17) is 5.11 Å². The second-order valence-corrected chi connectivity index (χ2v) is 4.80. The summed E-state index contributed by atoms with van der Waals surface area (Å²) in [6, 6.07) is -0.0442. The van der Waals surface area contributed by atoms with E-state index < -0.39 is 5.97 Å². The molecule has 0 spiro atoms. The molecule has 5 nitrogen and oxygen atoms in total. The largest absolute Gasteiger partial charge is 0.481 e. The van der Waals surface area contributed by atoms with Crippen LogP contribution >= 0.6 is 12.6 Å². The van der Waals surface area contributed by atoms with Crippen LogP contribution in [0.3, 0.4) is 0 Å². The first kappa shape index (κ1) is 13.2. The number of thiol groups is 1. The quantitative estimate of drug-likeness (QED) is 0.417. The summed E-state index contributed by atoms with van der Waals surface area (Å²) in [6.07, 6.45) is 2.49. The van der Waals surface area contributed by atoms with E-state index in [1.165, 1.54) is 0 Å². The topological polar surface area (TPSA) is 78.4 Å². The first-order chi connectivity index (χ1) is 7.50. The smallest absolute Gasteiger partial charge is 0.315 e. The predicted octanol–water partition coefficient (Wildman–Crippen LogP) is 1.000. The second kappa shape index (κ2) is 5.98. The van der Waals surface area contributed by atoms with Crippen molar-refractivity contribution in [3.63, 3.8) is 0 Å². The van der Waals surface area contributed by atoms with Crippen LogP contribution in [0.25, 0.3) is 0 Å². The third-order valence-corrected chi connectivity index (χ3v) is 3.33. The van der Waals surface area contributed by atoms with Crippen molar-refractivity contribution in [1.82, 2.24) is 10.6 Å². The fourth-order valence-electron chi connectivity index (χ4n) is 1.85. The number of rotatable bonds is 6. The molecule has 1 rings (SSSR count). The maximum atomic E-state index is 11.1. The van der Waals surface area contributed by atoms with E-state index in [1.54, 1.807) is 0 Å². The highest BCUT2D eigenvalue weighted by atomic mass is 32.1. The van der Waals surface area contributed by atoms with Crippen molar-refractivity contribution >= 4 is 24.6 Å². The highest BCUT2D eigenvalue weighted by Crippen LogP contribution is 2.17. The Bertz CT molecular complexity index is 273. The molecule has 1 saturated heterocycles. The van der Waals surface area contributed by atoms with Crippen LogP contribution < -0.4 is 10.6 Å². The molecule has 3 atom stereocenters. The van der Waals surface area contributed by atoms with Gasteiger partial charge in [-0.1, -0.05) is 6.42 Å². The fourth-order valence-corrected chi connectivity index (χ4v) is 2.37. The Morgan fingerprint density at radius 3 is 2.69 bits per heavy atom. The molecule has 0 aromatic rings. The molecule has 3 N–H and O–H groups in total. The van der Waals surface area contributed by atoms with Gasteiger partial charge in [0, 0.05) is 17.7 Å². The van der Waals surface area contributed by atoms with Crippen LogP contribution in [0.4, 0.5) is 4.79 Å². The summed E-state index contributed by atoms with van der Waals surface area (Å²) < 4.78 is 0. The highest BCUT2D eigenvalue weighted by molar-refractivity contribution is 7.81. The van der Waals surface area contributed by atoms with Crippen LogP contribution in [0.2, 0.25) is 0 Å². The Morgan fingerprint density at radius 2 is 2.19 bits per heavy atom. The number of hydrogen-bond donors (Lipinski definition) is 4. The lowest BCUT2D eigenvalue weighted by Gasteiger charge is -2.21. The van der Waals surface area contributed by atoms with Gasteiger partial charge >= 0.3 is 12.0 Å². The van der Waals surface area contributed by atoms with E-state index in [-0.39, 0.29) is 29.8 Å². The summed E-state index contributed by atoms with van der Waals surface area (Å²) in [4.78, 5) is 21.4. The molecule has 1 aliphatic heterocycles. The zero-order chi connectivity index (χ0) is 12.1. The Hall–Kier alpha value is -0.910. The number of amides is 2. The first-order valence-electron chi connectivity index (χ1n) is 5.47. The van der Waals surface area contributed by atoms with E-state index in [9.17, 15) is 9.59 Å². The van der Waals surface area contributed by atoms with Gasteiger partial charge in [-0.3, -0.25) is 4.79 Å². The van der Waals surface area contributed by atoms with Gasteiger partial charge in [0.2, 0.25) is 0 Å². The SMILES string of the molecule is CC1NC(=O)NC1C(S)CCCCC(=O)O. The Labute approximate surface area is 100 Å². The summed E-state index contributed by atoms with van der Waals surface area (Å²) in [5.41, 5.74) is 0. The molecule has 1 heterocycles. The van der Waals surface area contributed by atoms with Crippen molar-refractivity contribution in [3.8, 4) is 0 Å². The summed E-state index contributed by atoms with van der Waals surface area (Å²) in [5, 5.41) is 14.1. The van der Waals surface area contributed by atoms with Crippen LogP contribution in [-0.2, 0) is 4.79 Å². The second-order valence-electron chi connectivity index (χ2n) is 4.14. The molecular weight excluding hydrogens is 228 g/mol. The van der Waals surface area contributed by atoms with E-state index in [1.807, 2.05) is 6.92 Å². The molecular formula is C10H18N2O3S. The third-order valence-electron chi connectivity index (χ3n) is 2.75. The Balaban J connectivity index is 2.22. The summed E-state index contributed by atoms with van der Waals surface area (Å²) in [6.45, 7) is 1.93. The number of nitrogens with one attached hydrogen (secondary N) is 2. The van der Waals surface area contributed by atoms with Crippen LogP contribution in [0, 0.1) is 0 Å². The van der Waals surface area contributed by atoms with Crippen molar-refractivity contribution in [2.75, 3.05) is 0 Å². The minimum Gasteiger partial charge on any atom is -0.481 e. The predicted molar refractivity (Wildman–Crippen MR) is 63.8 cm³/mol. The molecule has 92 valence electrons. The number of carbonyl (C=O) groups is 2. The van der Waals surface area contributed by atoms with Gasteiger partial charge in [0.15, 0.2) is 0 Å². The molecule has 0 aromatic heterocycles. The molecule has 2 amide bonds. The lowest BCUT2D eigenvalue weighted by Crippen LogP contribution is -2.39. The van der Waals surface area contributed by atoms with Gasteiger partial charge in [-0.05, 0) is 19.8 Å². The van der Waals surface area contributed by atoms with Crippen molar-refractivity contribution in [3.05, 3.63) is 0 Å². The van der Waals surface area contributed by atoms with Gasteiger partial charge in [0.05, 0.1) is 6.04 Å². The number of urea groups is 1. The average molecular weight is 246 g/mol. The Kier molecular flexibility index (Phi) is 4.92. The summed E-state index contributed by atoms with van der Waals surface area (Å²) >= 11 is 4.45. The minimum absolute atomic E-state index is 0.0284. The third kappa shape index (κ3) is 3.92. The van der Waals surface area contributed by atoms with Crippen LogP contribution in [0.5, 0.6) is 0 Å². The molecule has 1 aliphatic rings. The maximum absolute atomic E-state index is 11.1. The van der Waals surface area contributed by atoms with Gasteiger partial charge < -0.3 is 15.7 Å². The fraction of sp³-hybridized carbons (Fsp3) is 0.800. The van der Waals surface area contributed by atoms with E-state index >= 15 is 0 Å². The molecule has 1 fully saturated rings. The van der Waals surface area contributed by atoms with Crippen LogP contribution in [0.1, 0.15) is 32.6 Å². The van der Waals surface area contributed by atoms with Crippen molar-refractivity contribution in [1.29, 1.82) is 0 Å². The maximum Gasteiger partial charge on any atom is 0.315 e. The zero-order valence-corrected chi connectivity index (χ0v) is 10.2. The monoisotopic (exact) mass is 246 g/mol. The lowest BCUT2D eigenvalue weighted by molar-refractivity contribution is -0.137. The molecule has 0 aliphatic carbocycles. The van der Waals surface area contributed by atoms with Gasteiger partial charge in [-0.2, -0.15) is 12.6 Å². The van der Waals surface area contributed by atoms with E-state index in [0.29, 0.717) is 6.42 Å². The van der Waals surface area contributed by atoms with E-state index in [0.717, 1.165) is 12.8 Å². The highest BCUT2D eigenvalue weighted by Gasteiger charge is 2.32. The Morgan fingerprint density at radius 1 is 1.50 bits per heavy atom. The summed E-state index contributed by atoms with van der Waals surface area (Å²) in [5.74, 6) is -0.764. The number of aliphatic carboxylic acids is 1. The summed E-state index contributed by atoms with van der Waals surface area (Å²) in [7, 11) is 0. The van der Waals surface area contributed by atoms with Crippen molar-refractivity contribution in [2.24, 2.45) is 0 Å². The van der Waals surface area contributed by atoms with Gasteiger partial charge in [-0.25, -0.2) is 4.79 Å². The van der Waals surface area contributed by atoms with E-state index in [2.05, 4.69) is 23.3 Å². The number of hydrogen-bond acceptors (Lipinski definition) is 3.